The van der Waals surface area contributed by atoms with Crippen molar-refractivity contribution in [3.8, 4) is 5.75 Å². The zero-order chi connectivity index (χ0) is 15.6. The van der Waals surface area contributed by atoms with E-state index >= 15 is 0 Å². The highest BCUT2D eigenvalue weighted by atomic mass is 16.6. The third kappa shape index (κ3) is 2.83. The fourth-order valence-corrected chi connectivity index (χ4v) is 1.88. The van der Waals surface area contributed by atoms with E-state index in [9.17, 15) is 20.0 Å². The Morgan fingerprint density at radius 2 is 2.19 bits per heavy atom. The van der Waals surface area contributed by atoms with Crippen LogP contribution in [-0.2, 0) is 6.54 Å². The average molecular weight is 291 g/mol. The van der Waals surface area contributed by atoms with Crippen LogP contribution in [0.15, 0.2) is 22.7 Å². The number of benzene rings is 1. The fourth-order valence-electron chi connectivity index (χ4n) is 1.88. The second-order valence-corrected chi connectivity index (χ2v) is 4.42. The molecule has 1 heterocycles. The van der Waals surface area contributed by atoms with Crippen molar-refractivity contribution in [1.29, 1.82) is 0 Å². The van der Waals surface area contributed by atoms with Gasteiger partial charge >= 0.3 is 5.69 Å². The molecule has 0 bridgehead atoms. The second kappa shape index (κ2) is 5.61. The number of amides is 1. The number of hydrogen-bond donors (Lipinski definition) is 2. The maximum Gasteiger partial charge on any atom is 0.311 e. The van der Waals surface area contributed by atoms with Crippen LogP contribution in [0, 0.1) is 24.0 Å². The number of nitro benzene ring substituents is 1. The summed E-state index contributed by atoms with van der Waals surface area (Å²) in [4.78, 5) is 22.0. The van der Waals surface area contributed by atoms with Crippen LogP contribution in [0.1, 0.15) is 27.4 Å². The Balaban J connectivity index is 2.18. The number of carbonyl (C=O) groups excluding carboxylic acids is 1. The van der Waals surface area contributed by atoms with Gasteiger partial charge in [-0.3, -0.25) is 14.9 Å². The molecule has 0 radical (unpaired) electrons. The van der Waals surface area contributed by atoms with E-state index in [1.54, 1.807) is 13.8 Å². The largest absolute Gasteiger partial charge is 0.502 e. The van der Waals surface area contributed by atoms with Crippen LogP contribution in [0.5, 0.6) is 5.75 Å². The molecule has 1 aromatic carbocycles. The number of phenols is 1. The fraction of sp³-hybridized carbons (Fsp3) is 0.231. The molecule has 0 saturated carbocycles. The number of rotatable bonds is 4. The molecule has 21 heavy (non-hydrogen) atoms. The van der Waals surface area contributed by atoms with E-state index in [1.165, 1.54) is 12.1 Å². The molecule has 0 atom stereocenters. The smallest absolute Gasteiger partial charge is 0.311 e. The molecule has 0 aliphatic heterocycles. The Hall–Kier alpha value is -2.90. The van der Waals surface area contributed by atoms with Crippen LogP contribution in [0.25, 0.3) is 0 Å². The second-order valence-electron chi connectivity index (χ2n) is 4.42. The summed E-state index contributed by atoms with van der Waals surface area (Å²) in [5.41, 5.74) is 0.709. The van der Waals surface area contributed by atoms with Gasteiger partial charge in [0.05, 0.1) is 16.2 Å². The Bertz CT molecular complexity index is 688. The lowest BCUT2D eigenvalue weighted by atomic mass is 10.1. The number of carbonyl (C=O) groups is 1. The number of nitro groups is 1. The van der Waals surface area contributed by atoms with E-state index in [0.717, 1.165) is 11.6 Å². The highest BCUT2D eigenvalue weighted by molar-refractivity contribution is 5.98. The molecule has 1 aromatic heterocycles. The minimum Gasteiger partial charge on any atom is -0.502 e. The normalized spacial score (nSPS) is 10.4. The third-order valence-corrected chi connectivity index (χ3v) is 3.06. The Labute approximate surface area is 119 Å². The van der Waals surface area contributed by atoms with Gasteiger partial charge in [-0.25, -0.2) is 0 Å². The average Bonchev–Trinajstić information content (AvgIpc) is 2.75. The van der Waals surface area contributed by atoms with Gasteiger partial charge in [0, 0.05) is 18.2 Å². The number of aromatic hydroxyl groups is 1. The molecule has 110 valence electrons. The predicted octanol–water partition coefficient (Wildman–Crippen LogP) is 1.84. The van der Waals surface area contributed by atoms with Gasteiger partial charge in [0.1, 0.15) is 5.76 Å². The first-order valence-corrected chi connectivity index (χ1v) is 6.08. The molecule has 0 unspecified atom stereocenters. The SMILES string of the molecule is Cc1noc(C)c1CNC(=O)c1cccc([N+](=O)[O-])c1O. The lowest BCUT2D eigenvalue weighted by Crippen LogP contribution is -2.23. The topological polar surface area (TPSA) is 119 Å². The van der Waals surface area contributed by atoms with E-state index in [1.807, 2.05) is 0 Å². The molecule has 0 aliphatic carbocycles. The summed E-state index contributed by atoms with van der Waals surface area (Å²) in [6.07, 6.45) is 0. The van der Waals surface area contributed by atoms with Crippen molar-refractivity contribution >= 4 is 11.6 Å². The predicted molar refractivity (Wildman–Crippen MR) is 71.9 cm³/mol. The minimum absolute atomic E-state index is 0.155. The molecule has 8 nitrogen and oxygen atoms in total. The highest BCUT2D eigenvalue weighted by Crippen LogP contribution is 2.29. The van der Waals surface area contributed by atoms with Crippen LogP contribution in [0.4, 0.5) is 5.69 Å². The lowest BCUT2D eigenvalue weighted by molar-refractivity contribution is -0.385. The van der Waals surface area contributed by atoms with Crippen LogP contribution in [-0.4, -0.2) is 21.1 Å². The highest BCUT2D eigenvalue weighted by Gasteiger charge is 2.21. The zero-order valence-corrected chi connectivity index (χ0v) is 11.4. The number of nitrogens with one attached hydrogen (secondary N) is 1. The number of nitrogens with zero attached hydrogens (tertiary/aromatic N) is 2. The van der Waals surface area contributed by atoms with E-state index in [-0.39, 0.29) is 12.1 Å². The van der Waals surface area contributed by atoms with Gasteiger partial charge in [-0.2, -0.15) is 0 Å². The van der Waals surface area contributed by atoms with Gasteiger partial charge < -0.3 is 14.9 Å². The van der Waals surface area contributed by atoms with Gasteiger partial charge in [-0.1, -0.05) is 11.2 Å². The van der Waals surface area contributed by atoms with Crippen molar-refractivity contribution in [3.05, 3.63) is 50.9 Å². The van der Waals surface area contributed by atoms with Gasteiger partial charge in [0.2, 0.25) is 5.75 Å². The number of aryl methyl sites for hydroxylation is 2. The molecule has 0 aliphatic rings. The zero-order valence-electron chi connectivity index (χ0n) is 11.4. The molecule has 2 N–H and O–H groups in total. The van der Waals surface area contributed by atoms with Crippen molar-refractivity contribution in [1.82, 2.24) is 10.5 Å². The molecular formula is C13H13N3O5. The molecular weight excluding hydrogens is 278 g/mol. The molecule has 0 spiro atoms. The van der Waals surface area contributed by atoms with Gasteiger partial charge in [-0.05, 0) is 19.9 Å². The summed E-state index contributed by atoms with van der Waals surface area (Å²) in [6, 6.07) is 3.77. The number of hydrogen-bond acceptors (Lipinski definition) is 6. The first kappa shape index (κ1) is 14.5. The molecule has 0 fully saturated rings. The van der Waals surface area contributed by atoms with Crippen molar-refractivity contribution in [2.75, 3.05) is 0 Å². The molecule has 8 heteroatoms. The standard InChI is InChI=1S/C13H13N3O5/c1-7-10(8(2)21-15-7)6-14-13(18)9-4-3-5-11(12(9)17)16(19)20/h3-5,17H,6H2,1-2H3,(H,14,18). The number of phenolic OH excluding ortho intramolecular Hbond substituents is 1. The first-order chi connectivity index (χ1) is 9.91. The monoisotopic (exact) mass is 291 g/mol. The Kier molecular flexibility index (Phi) is 3.88. The summed E-state index contributed by atoms with van der Waals surface area (Å²) >= 11 is 0. The van der Waals surface area contributed by atoms with E-state index in [4.69, 9.17) is 4.52 Å². The summed E-state index contributed by atoms with van der Waals surface area (Å²) in [5.74, 6) is -0.689. The third-order valence-electron chi connectivity index (χ3n) is 3.06. The van der Waals surface area contributed by atoms with Crippen LogP contribution >= 0.6 is 0 Å². The number of aromatic nitrogens is 1. The van der Waals surface area contributed by atoms with E-state index in [0.29, 0.717) is 11.5 Å². The van der Waals surface area contributed by atoms with Gasteiger partial charge in [0.15, 0.2) is 0 Å². The van der Waals surface area contributed by atoms with E-state index in [2.05, 4.69) is 10.5 Å². The summed E-state index contributed by atoms with van der Waals surface area (Å²) in [7, 11) is 0. The lowest BCUT2D eigenvalue weighted by Gasteiger charge is -2.06. The summed E-state index contributed by atoms with van der Waals surface area (Å²) < 4.78 is 4.97. The van der Waals surface area contributed by atoms with Crippen LogP contribution in [0.3, 0.4) is 0 Å². The van der Waals surface area contributed by atoms with Crippen LogP contribution < -0.4 is 5.32 Å². The maximum absolute atomic E-state index is 12.0. The minimum atomic E-state index is -0.750. The molecule has 2 aromatic rings. The summed E-state index contributed by atoms with van der Waals surface area (Å²) in [6.45, 7) is 3.61. The van der Waals surface area contributed by atoms with E-state index < -0.39 is 22.3 Å². The van der Waals surface area contributed by atoms with Crippen molar-refractivity contribution in [3.63, 3.8) is 0 Å². The molecule has 0 saturated heterocycles. The van der Waals surface area contributed by atoms with Crippen molar-refractivity contribution in [2.24, 2.45) is 0 Å². The number of para-hydroxylation sites is 1. The molecule has 1 amide bonds. The maximum atomic E-state index is 12.0. The van der Waals surface area contributed by atoms with Crippen LogP contribution in [0.2, 0.25) is 0 Å². The Morgan fingerprint density at radius 3 is 2.76 bits per heavy atom. The molecule has 2 rings (SSSR count). The van der Waals surface area contributed by atoms with Gasteiger partial charge in [-0.15, -0.1) is 0 Å². The van der Waals surface area contributed by atoms with Gasteiger partial charge in [0.25, 0.3) is 5.91 Å². The summed E-state index contributed by atoms with van der Waals surface area (Å²) in [5, 5.41) is 26.8. The quantitative estimate of drug-likeness (QED) is 0.655. The Morgan fingerprint density at radius 1 is 1.48 bits per heavy atom. The van der Waals surface area contributed by atoms with Crippen molar-refractivity contribution in [2.45, 2.75) is 20.4 Å². The first-order valence-electron chi connectivity index (χ1n) is 6.08. The van der Waals surface area contributed by atoms with Crippen molar-refractivity contribution < 1.29 is 19.3 Å².